The van der Waals surface area contributed by atoms with Gasteiger partial charge in [-0.3, -0.25) is 4.98 Å². The molecule has 0 aliphatic carbocycles. The fourth-order valence-electron chi connectivity index (χ4n) is 1.34. The summed E-state index contributed by atoms with van der Waals surface area (Å²) >= 11 is 4.83. The second-order valence-corrected chi connectivity index (χ2v) is 6.27. The van der Waals surface area contributed by atoms with Gasteiger partial charge in [0.2, 0.25) is 0 Å². The van der Waals surface area contributed by atoms with Crippen LogP contribution < -0.4 is 0 Å². The van der Waals surface area contributed by atoms with Crippen LogP contribution in [0.15, 0.2) is 39.6 Å². The SMILES string of the molecule is c1ccc(-c2nc(CSc3nncs3)cs2)nc1. The largest absolute Gasteiger partial charge is 0.254 e. The minimum Gasteiger partial charge on any atom is -0.254 e. The van der Waals surface area contributed by atoms with Crippen LogP contribution in [0.2, 0.25) is 0 Å². The monoisotopic (exact) mass is 292 g/mol. The molecule has 0 aromatic carbocycles. The maximum absolute atomic E-state index is 4.57. The summed E-state index contributed by atoms with van der Waals surface area (Å²) in [6.45, 7) is 0. The normalized spacial score (nSPS) is 10.7. The third-order valence-corrected chi connectivity index (χ3v) is 4.93. The number of thiazole rings is 1. The Kier molecular flexibility index (Phi) is 3.63. The zero-order valence-corrected chi connectivity index (χ0v) is 11.6. The summed E-state index contributed by atoms with van der Waals surface area (Å²) in [5.41, 5.74) is 3.72. The Labute approximate surface area is 116 Å². The first-order valence-electron chi connectivity index (χ1n) is 5.16. The van der Waals surface area contributed by atoms with Crippen LogP contribution in [-0.4, -0.2) is 20.2 Å². The molecule has 0 fully saturated rings. The van der Waals surface area contributed by atoms with Crippen molar-refractivity contribution in [3.05, 3.63) is 41.0 Å². The molecular formula is C11H8N4S3. The van der Waals surface area contributed by atoms with Gasteiger partial charge in [-0.25, -0.2) is 4.98 Å². The van der Waals surface area contributed by atoms with E-state index in [1.807, 2.05) is 18.2 Å². The predicted molar refractivity (Wildman–Crippen MR) is 74.8 cm³/mol. The zero-order chi connectivity index (χ0) is 12.2. The Balaban J connectivity index is 1.70. The number of nitrogens with zero attached hydrogens (tertiary/aromatic N) is 4. The van der Waals surface area contributed by atoms with E-state index < -0.39 is 0 Å². The first-order valence-corrected chi connectivity index (χ1v) is 7.91. The molecule has 0 radical (unpaired) electrons. The Bertz CT molecular complexity index is 606. The lowest BCUT2D eigenvalue weighted by molar-refractivity contribution is 1.01. The fourth-order valence-corrected chi connectivity index (χ4v) is 3.62. The second-order valence-electron chi connectivity index (χ2n) is 3.35. The molecule has 0 bridgehead atoms. The van der Waals surface area contributed by atoms with Gasteiger partial charge in [-0.1, -0.05) is 29.2 Å². The van der Waals surface area contributed by atoms with E-state index in [4.69, 9.17) is 0 Å². The summed E-state index contributed by atoms with van der Waals surface area (Å²) in [7, 11) is 0. The van der Waals surface area contributed by atoms with Crippen molar-refractivity contribution in [1.29, 1.82) is 0 Å². The van der Waals surface area contributed by atoms with E-state index in [1.165, 1.54) is 0 Å². The first kappa shape index (κ1) is 11.8. The van der Waals surface area contributed by atoms with Gasteiger partial charge < -0.3 is 0 Å². The van der Waals surface area contributed by atoms with E-state index in [2.05, 4.69) is 25.5 Å². The fraction of sp³-hybridized carbons (Fsp3) is 0.0909. The van der Waals surface area contributed by atoms with Crippen molar-refractivity contribution in [3.63, 3.8) is 0 Å². The van der Waals surface area contributed by atoms with Gasteiger partial charge in [-0.05, 0) is 12.1 Å². The molecule has 0 saturated heterocycles. The van der Waals surface area contributed by atoms with E-state index in [0.29, 0.717) is 0 Å². The topological polar surface area (TPSA) is 51.6 Å². The smallest absolute Gasteiger partial charge is 0.174 e. The van der Waals surface area contributed by atoms with Crippen molar-refractivity contribution in [2.45, 2.75) is 10.1 Å². The highest BCUT2D eigenvalue weighted by atomic mass is 32.2. The average Bonchev–Trinajstić information content (AvgIpc) is 3.09. The van der Waals surface area contributed by atoms with E-state index in [1.54, 1.807) is 46.1 Å². The van der Waals surface area contributed by atoms with Crippen LogP contribution in [0, 0.1) is 0 Å². The molecule has 7 heteroatoms. The van der Waals surface area contributed by atoms with Gasteiger partial charge in [0.25, 0.3) is 0 Å². The average molecular weight is 292 g/mol. The van der Waals surface area contributed by atoms with Gasteiger partial charge in [0.15, 0.2) is 4.34 Å². The lowest BCUT2D eigenvalue weighted by Gasteiger charge is -1.94. The summed E-state index contributed by atoms with van der Waals surface area (Å²) in [5.74, 6) is 0.818. The highest BCUT2D eigenvalue weighted by Crippen LogP contribution is 2.27. The van der Waals surface area contributed by atoms with Gasteiger partial charge in [-0.2, -0.15) is 0 Å². The minimum absolute atomic E-state index is 0.818. The Morgan fingerprint density at radius 1 is 1.22 bits per heavy atom. The molecule has 0 spiro atoms. The Morgan fingerprint density at radius 3 is 3.00 bits per heavy atom. The number of pyridine rings is 1. The van der Waals surface area contributed by atoms with E-state index in [0.717, 1.165) is 26.5 Å². The van der Waals surface area contributed by atoms with E-state index in [-0.39, 0.29) is 0 Å². The molecule has 90 valence electrons. The number of hydrogen-bond acceptors (Lipinski definition) is 7. The number of hydrogen-bond donors (Lipinski definition) is 0. The highest BCUT2D eigenvalue weighted by Gasteiger charge is 2.06. The quantitative estimate of drug-likeness (QED) is 0.690. The Hall–Kier alpha value is -1.31. The third-order valence-electron chi connectivity index (χ3n) is 2.12. The van der Waals surface area contributed by atoms with Gasteiger partial charge >= 0.3 is 0 Å². The van der Waals surface area contributed by atoms with Crippen LogP contribution in [0.4, 0.5) is 0 Å². The van der Waals surface area contributed by atoms with E-state index >= 15 is 0 Å². The standard InChI is InChI=1S/C11H8N4S3/c1-2-4-12-9(3-1)10-14-8(5-16-10)6-17-11-15-13-7-18-11/h1-5,7H,6H2. The van der Waals surface area contributed by atoms with Crippen molar-refractivity contribution in [2.24, 2.45) is 0 Å². The van der Waals surface area contributed by atoms with Crippen LogP contribution in [-0.2, 0) is 5.75 Å². The van der Waals surface area contributed by atoms with Gasteiger partial charge in [0, 0.05) is 17.3 Å². The van der Waals surface area contributed by atoms with Gasteiger partial charge in [0.1, 0.15) is 10.5 Å². The molecule has 0 saturated carbocycles. The van der Waals surface area contributed by atoms with Crippen molar-refractivity contribution < 1.29 is 0 Å². The van der Waals surface area contributed by atoms with Crippen molar-refractivity contribution in [2.75, 3.05) is 0 Å². The maximum Gasteiger partial charge on any atom is 0.174 e. The van der Waals surface area contributed by atoms with Crippen molar-refractivity contribution in [3.8, 4) is 10.7 Å². The van der Waals surface area contributed by atoms with Crippen LogP contribution in [0.1, 0.15) is 5.69 Å². The lowest BCUT2D eigenvalue weighted by Crippen LogP contribution is -1.83. The lowest BCUT2D eigenvalue weighted by atomic mass is 10.4. The van der Waals surface area contributed by atoms with Crippen LogP contribution in [0.5, 0.6) is 0 Å². The van der Waals surface area contributed by atoms with Crippen molar-refractivity contribution in [1.82, 2.24) is 20.2 Å². The van der Waals surface area contributed by atoms with Crippen molar-refractivity contribution >= 4 is 34.4 Å². The van der Waals surface area contributed by atoms with Gasteiger partial charge in [0.05, 0.1) is 11.4 Å². The highest BCUT2D eigenvalue weighted by molar-refractivity contribution is 8.00. The molecule has 3 aromatic heterocycles. The molecule has 3 aromatic rings. The van der Waals surface area contributed by atoms with Crippen LogP contribution >= 0.6 is 34.4 Å². The van der Waals surface area contributed by atoms with E-state index in [9.17, 15) is 0 Å². The Morgan fingerprint density at radius 2 is 2.22 bits per heavy atom. The molecule has 18 heavy (non-hydrogen) atoms. The molecule has 3 heterocycles. The number of thioether (sulfide) groups is 1. The summed E-state index contributed by atoms with van der Waals surface area (Å²) in [6, 6.07) is 5.85. The maximum atomic E-state index is 4.57. The summed E-state index contributed by atoms with van der Waals surface area (Å²) in [4.78, 5) is 8.86. The molecule has 4 nitrogen and oxygen atoms in total. The molecule has 0 unspecified atom stereocenters. The summed E-state index contributed by atoms with van der Waals surface area (Å²) in [5, 5.41) is 10.8. The van der Waals surface area contributed by atoms with Gasteiger partial charge in [-0.15, -0.1) is 21.5 Å². The molecule has 0 aliphatic rings. The molecule has 0 amide bonds. The molecule has 0 atom stereocenters. The summed E-state index contributed by atoms with van der Waals surface area (Å²) in [6.07, 6.45) is 1.78. The number of rotatable bonds is 4. The van der Waals surface area contributed by atoms with Crippen LogP contribution in [0.3, 0.4) is 0 Å². The molecule has 0 aliphatic heterocycles. The molecule has 3 rings (SSSR count). The summed E-state index contributed by atoms with van der Waals surface area (Å²) < 4.78 is 0.974. The second kappa shape index (κ2) is 5.55. The third kappa shape index (κ3) is 2.74. The molecular weight excluding hydrogens is 284 g/mol. The zero-order valence-electron chi connectivity index (χ0n) is 9.18. The first-order chi connectivity index (χ1) is 8.92. The molecule has 0 N–H and O–H groups in total. The number of aromatic nitrogens is 4. The minimum atomic E-state index is 0.818. The predicted octanol–water partition coefficient (Wildman–Crippen LogP) is 3.35. The van der Waals surface area contributed by atoms with Crippen LogP contribution in [0.25, 0.3) is 10.7 Å².